The molecule has 2 fully saturated rings. The highest BCUT2D eigenvalue weighted by molar-refractivity contribution is 5.72. The minimum Gasteiger partial charge on any atom is -0.481 e. The summed E-state index contributed by atoms with van der Waals surface area (Å²) in [6, 6.07) is 0.230. The van der Waals surface area contributed by atoms with E-state index in [0.29, 0.717) is 17.3 Å². The van der Waals surface area contributed by atoms with Crippen LogP contribution in [-0.4, -0.2) is 23.7 Å². The smallest absolute Gasteiger partial charge is 0.308 e. The summed E-state index contributed by atoms with van der Waals surface area (Å²) in [6.07, 6.45) is 4.58. The van der Waals surface area contributed by atoms with E-state index in [1.165, 1.54) is 6.42 Å². The van der Waals surface area contributed by atoms with Crippen molar-refractivity contribution in [1.82, 2.24) is 5.32 Å². The summed E-state index contributed by atoms with van der Waals surface area (Å²) in [5, 5.41) is 12.8. The Bertz CT molecular complexity index is 295. The molecule has 2 aliphatic carbocycles. The van der Waals surface area contributed by atoms with Crippen LogP contribution < -0.4 is 5.32 Å². The number of hydrogen-bond acceptors (Lipinski definition) is 2. The number of aliphatic carboxylic acids is 1. The minimum absolute atomic E-state index is 0.131. The van der Waals surface area contributed by atoms with Crippen LogP contribution in [0.1, 0.15) is 46.5 Å². The van der Waals surface area contributed by atoms with E-state index in [1.54, 1.807) is 0 Å². The predicted molar refractivity (Wildman–Crippen MR) is 67.8 cm³/mol. The van der Waals surface area contributed by atoms with Crippen molar-refractivity contribution < 1.29 is 9.90 Å². The quantitative estimate of drug-likeness (QED) is 0.792. The Kier molecular flexibility index (Phi) is 3.48. The van der Waals surface area contributed by atoms with Gasteiger partial charge in [-0.15, -0.1) is 0 Å². The molecular weight excluding hydrogens is 214 g/mol. The second kappa shape index (κ2) is 4.60. The number of nitrogens with one attached hydrogen (secondary N) is 1. The molecule has 0 spiro atoms. The van der Waals surface area contributed by atoms with Gasteiger partial charge in [-0.1, -0.05) is 20.8 Å². The zero-order valence-electron chi connectivity index (χ0n) is 11.2. The molecule has 0 aliphatic heterocycles. The van der Waals surface area contributed by atoms with Crippen molar-refractivity contribution >= 4 is 5.97 Å². The molecular formula is C14H25NO2. The van der Waals surface area contributed by atoms with E-state index in [9.17, 15) is 9.90 Å². The molecule has 2 N–H and O–H groups in total. The Hall–Kier alpha value is -0.570. The Morgan fingerprint density at radius 1 is 1.29 bits per heavy atom. The number of rotatable bonds is 4. The number of fused-ring (bicyclic) bond motifs is 2. The molecule has 3 nitrogen and oxygen atoms in total. The van der Waals surface area contributed by atoms with Gasteiger partial charge in [-0.2, -0.15) is 0 Å². The van der Waals surface area contributed by atoms with Crippen molar-refractivity contribution in [1.29, 1.82) is 0 Å². The Balaban J connectivity index is 1.89. The molecule has 0 amide bonds. The summed E-state index contributed by atoms with van der Waals surface area (Å²) in [7, 11) is 0. The number of hydrogen-bond donors (Lipinski definition) is 2. The molecule has 0 radical (unpaired) electrons. The van der Waals surface area contributed by atoms with Crippen molar-refractivity contribution in [2.24, 2.45) is 23.2 Å². The molecule has 2 rings (SSSR count). The molecule has 0 aromatic carbocycles. The molecule has 2 aliphatic rings. The lowest BCUT2D eigenvalue weighted by Gasteiger charge is -2.30. The third-order valence-electron chi connectivity index (χ3n) is 4.46. The van der Waals surface area contributed by atoms with Gasteiger partial charge in [0.25, 0.3) is 0 Å². The molecule has 4 atom stereocenters. The molecule has 4 unspecified atom stereocenters. The summed E-state index contributed by atoms with van der Waals surface area (Å²) < 4.78 is 0. The summed E-state index contributed by atoms with van der Waals surface area (Å²) in [6.45, 7) is 7.62. The first-order valence-corrected chi connectivity index (χ1v) is 6.85. The van der Waals surface area contributed by atoms with Crippen molar-refractivity contribution in [3.8, 4) is 0 Å². The molecule has 2 bridgehead atoms. The maximum atomic E-state index is 11.3. The standard InChI is InChI=1S/C14H25NO2/c1-14(2,3)6-7-15-12-10-5-4-9(8-10)11(12)13(16)17/h9-12,15H,4-8H2,1-3H3,(H,16,17). The molecule has 17 heavy (non-hydrogen) atoms. The SMILES string of the molecule is CC(C)(C)CCNC1C2CCC(C2)C1C(=O)O. The van der Waals surface area contributed by atoms with Crippen LogP contribution in [0.2, 0.25) is 0 Å². The lowest BCUT2D eigenvalue weighted by Crippen LogP contribution is -2.45. The van der Waals surface area contributed by atoms with Crippen molar-refractivity contribution in [2.45, 2.75) is 52.5 Å². The van der Waals surface area contributed by atoms with Crippen LogP contribution >= 0.6 is 0 Å². The number of carboxylic acids is 1. The van der Waals surface area contributed by atoms with E-state index >= 15 is 0 Å². The highest BCUT2D eigenvalue weighted by Crippen LogP contribution is 2.48. The van der Waals surface area contributed by atoms with Gasteiger partial charge in [0.15, 0.2) is 0 Å². The minimum atomic E-state index is -0.592. The highest BCUT2D eigenvalue weighted by atomic mass is 16.4. The van der Waals surface area contributed by atoms with Gasteiger partial charge in [0.1, 0.15) is 0 Å². The van der Waals surface area contributed by atoms with E-state index in [4.69, 9.17) is 0 Å². The molecule has 0 aromatic heterocycles. The molecule has 0 heterocycles. The van der Waals surface area contributed by atoms with Crippen LogP contribution in [0.15, 0.2) is 0 Å². The van der Waals surface area contributed by atoms with Crippen LogP contribution in [0, 0.1) is 23.2 Å². The van der Waals surface area contributed by atoms with Gasteiger partial charge < -0.3 is 10.4 Å². The van der Waals surface area contributed by atoms with E-state index in [1.807, 2.05) is 0 Å². The monoisotopic (exact) mass is 239 g/mol. The van der Waals surface area contributed by atoms with E-state index in [-0.39, 0.29) is 12.0 Å². The fraction of sp³-hybridized carbons (Fsp3) is 0.929. The second-order valence-electron chi connectivity index (χ2n) is 6.99. The average Bonchev–Trinajstić information content (AvgIpc) is 2.74. The van der Waals surface area contributed by atoms with E-state index in [2.05, 4.69) is 26.1 Å². The molecule has 3 heteroatoms. The fourth-order valence-corrected chi connectivity index (χ4v) is 3.55. The molecule has 0 saturated heterocycles. The summed E-state index contributed by atoms with van der Waals surface area (Å²) in [4.78, 5) is 11.3. The highest BCUT2D eigenvalue weighted by Gasteiger charge is 2.50. The van der Waals surface area contributed by atoms with Gasteiger partial charge in [-0.05, 0) is 49.5 Å². The number of carbonyl (C=O) groups is 1. The van der Waals surface area contributed by atoms with Gasteiger partial charge in [-0.25, -0.2) is 0 Å². The normalized spacial score (nSPS) is 36.4. The Morgan fingerprint density at radius 2 is 1.94 bits per heavy atom. The summed E-state index contributed by atoms with van der Waals surface area (Å²) in [5.74, 6) is 0.324. The first-order valence-electron chi connectivity index (χ1n) is 6.85. The maximum Gasteiger partial charge on any atom is 0.308 e. The molecule has 0 aromatic rings. The van der Waals surface area contributed by atoms with Crippen molar-refractivity contribution in [3.63, 3.8) is 0 Å². The van der Waals surface area contributed by atoms with Crippen molar-refractivity contribution in [2.75, 3.05) is 6.54 Å². The first-order chi connectivity index (χ1) is 7.88. The van der Waals surface area contributed by atoms with Crippen LogP contribution in [0.5, 0.6) is 0 Å². The van der Waals surface area contributed by atoms with Gasteiger partial charge in [0, 0.05) is 6.04 Å². The van der Waals surface area contributed by atoms with Gasteiger partial charge >= 0.3 is 5.97 Å². The Labute approximate surface area is 104 Å². The third-order valence-corrected chi connectivity index (χ3v) is 4.46. The summed E-state index contributed by atoms with van der Waals surface area (Å²) >= 11 is 0. The topological polar surface area (TPSA) is 49.3 Å². The fourth-order valence-electron chi connectivity index (χ4n) is 3.55. The summed E-state index contributed by atoms with van der Waals surface area (Å²) in [5.41, 5.74) is 0.323. The zero-order valence-corrected chi connectivity index (χ0v) is 11.2. The van der Waals surface area contributed by atoms with Crippen LogP contribution in [-0.2, 0) is 4.79 Å². The van der Waals surface area contributed by atoms with E-state index in [0.717, 1.165) is 25.8 Å². The van der Waals surface area contributed by atoms with Gasteiger partial charge in [0.2, 0.25) is 0 Å². The largest absolute Gasteiger partial charge is 0.481 e. The molecule has 2 saturated carbocycles. The van der Waals surface area contributed by atoms with Crippen LogP contribution in [0.25, 0.3) is 0 Å². The first kappa shape index (κ1) is 12.9. The average molecular weight is 239 g/mol. The van der Waals surface area contributed by atoms with Crippen LogP contribution in [0.4, 0.5) is 0 Å². The maximum absolute atomic E-state index is 11.3. The third kappa shape index (κ3) is 2.82. The number of carboxylic acid groups (broad SMARTS) is 1. The Morgan fingerprint density at radius 3 is 2.53 bits per heavy atom. The molecule has 98 valence electrons. The van der Waals surface area contributed by atoms with E-state index < -0.39 is 5.97 Å². The van der Waals surface area contributed by atoms with Crippen molar-refractivity contribution in [3.05, 3.63) is 0 Å². The van der Waals surface area contributed by atoms with Crippen LogP contribution in [0.3, 0.4) is 0 Å². The van der Waals surface area contributed by atoms with Gasteiger partial charge in [0.05, 0.1) is 5.92 Å². The lowest BCUT2D eigenvalue weighted by molar-refractivity contribution is -0.144. The lowest BCUT2D eigenvalue weighted by atomic mass is 9.84. The van der Waals surface area contributed by atoms with Gasteiger partial charge in [-0.3, -0.25) is 4.79 Å². The second-order valence-corrected chi connectivity index (χ2v) is 6.99. The zero-order chi connectivity index (χ0) is 12.6. The predicted octanol–water partition coefficient (Wildman–Crippen LogP) is 2.51.